The average Bonchev–Trinajstić information content (AvgIpc) is 3.45. The van der Waals surface area contributed by atoms with Gasteiger partial charge in [0.2, 0.25) is 0 Å². The van der Waals surface area contributed by atoms with Gasteiger partial charge in [0.15, 0.2) is 0 Å². The third-order valence-electron chi connectivity index (χ3n) is 5.85. The van der Waals surface area contributed by atoms with E-state index in [9.17, 15) is 4.39 Å². The summed E-state index contributed by atoms with van der Waals surface area (Å²) in [4.78, 5) is 13.4. The molecule has 170 valence electrons. The van der Waals surface area contributed by atoms with Gasteiger partial charge in [0.1, 0.15) is 23.3 Å². The second-order valence-electron chi connectivity index (χ2n) is 7.79. The molecular formula is C23H23ClFN7S. The standard InChI is InChI=1S/C23H23ClFN7S/c1-2-19(30-10-9-28-12-30)14-3-5-15(6-4-14)32-22-20(33-23(32)27)21(26)31(13-29-22)16-7-8-18(25)17(24)11-16/h3-13,19,21,23H,2,26-27H2,1H3. The molecule has 0 aliphatic carbocycles. The zero-order valence-corrected chi connectivity index (χ0v) is 19.4. The average molecular weight is 484 g/mol. The normalized spacial score (nSPS) is 21.0. The number of nitrogens with zero attached hydrogens (tertiary/aromatic N) is 5. The molecule has 0 bridgehead atoms. The lowest BCUT2D eigenvalue weighted by atomic mass is 10.0. The van der Waals surface area contributed by atoms with E-state index in [-0.39, 0.29) is 16.6 Å². The van der Waals surface area contributed by atoms with Gasteiger partial charge in [-0.3, -0.25) is 4.90 Å². The van der Waals surface area contributed by atoms with Gasteiger partial charge in [-0.1, -0.05) is 42.4 Å². The molecule has 3 heterocycles. The first-order valence-corrected chi connectivity index (χ1v) is 11.8. The highest BCUT2D eigenvalue weighted by atomic mass is 35.5. The summed E-state index contributed by atoms with van der Waals surface area (Å²) >= 11 is 7.42. The molecule has 0 spiro atoms. The first-order chi connectivity index (χ1) is 16.0. The number of imidazole rings is 1. The number of benzene rings is 2. The molecule has 0 radical (unpaired) electrons. The van der Waals surface area contributed by atoms with E-state index in [1.54, 1.807) is 23.5 Å². The first kappa shape index (κ1) is 22.0. The van der Waals surface area contributed by atoms with Crippen LogP contribution in [0.1, 0.15) is 24.9 Å². The molecule has 2 aliphatic heterocycles. The van der Waals surface area contributed by atoms with Crippen LogP contribution in [0.4, 0.5) is 15.8 Å². The summed E-state index contributed by atoms with van der Waals surface area (Å²) in [6.07, 6.45) is 7.68. The van der Waals surface area contributed by atoms with Crippen LogP contribution in [0.2, 0.25) is 5.02 Å². The van der Waals surface area contributed by atoms with Gasteiger partial charge in [-0.25, -0.2) is 14.4 Å². The molecular weight excluding hydrogens is 461 g/mol. The second kappa shape index (κ2) is 8.83. The van der Waals surface area contributed by atoms with Crippen LogP contribution < -0.4 is 21.3 Å². The van der Waals surface area contributed by atoms with Gasteiger partial charge in [-0.05, 0) is 42.3 Å². The molecule has 5 rings (SSSR count). The Balaban J connectivity index is 1.41. The molecule has 3 aromatic rings. The summed E-state index contributed by atoms with van der Waals surface area (Å²) in [6.45, 7) is 2.15. The van der Waals surface area contributed by atoms with Crippen LogP contribution in [0, 0.1) is 5.82 Å². The molecule has 2 aromatic carbocycles. The van der Waals surface area contributed by atoms with Gasteiger partial charge >= 0.3 is 0 Å². The number of nitrogens with two attached hydrogens (primary N) is 2. The van der Waals surface area contributed by atoms with E-state index in [1.165, 1.54) is 29.5 Å². The van der Waals surface area contributed by atoms with E-state index in [4.69, 9.17) is 23.1 Å². The summed E-state index contributed by atoms with van der Waals surface area (Å²) < 4.78 is 15.7. The van der Waals surface area contributed by atoms with Crippen molar-refractivity contribution in [3.05, 3.63) is 88.3 Å². The minimum Gasteiger partial charge on any atom is -0.330 e. The molecule has 10 heteroatoms. The lowest BCUT2D eigenvalue weighted by Gasteiger charge is -2.31. The maximum atomic E-state index is 13.6. The Morgan fingerprint density at radius 3 is 2.58 bits per heavy atom. The van der Waals surface area contributed by atoms with Crippen LogP contribution in [-0.4, -0.2) is 27.6 Å². The van der Waals surface area contributed by atoms with Crippen molar-refractivity contribution in [3.8, 4) is 0 Å². The van der Waals surface area contributed by atoms with Gasteiger partial charge in [0.25, 0.3) is 0 Å². The Labute approximate surface area is 200 Å². The highest BCUT2D eigenvalue weighted by Gasteiger charge is 2.38. The molecule has 3 unspecified atom stereocenters. The molecule has 0 saturated carbocycles. The Kier molecular flexibility index (Phi) is 5.88. The highest BCUT2D eigenvalue weighted by Crippen LogP contribution is 2.44. The van der Waals surface area contributed by atoms with E-state index in [0.29, 0.717) is 5.69 Å². The van der Waals surface area contributed by atoms with Gasteiger partial charge in [-0.2, -0.15) is 0 Å². The molecule has 0 saturated heterocycles. The van der Waals surface area contributed by atoms with Crippen molar-refractivity contribution in [2.75, 3.05) is 9.80 Å². The predicted octanol–water partition coefficient (Wildman–Crippen LogP) is 4.47. The lowest BCUT2D eigenvalue weighted by Crippen LogP contribution is -2.44. The van der Waals surface area contributed by atoms with E-state index in [2.05, 4.69) is 45.7 Å². The molecule has 1 aromatic heterocycles. The van der Waals surface area contributed by atoms with Gasteiger partial charge in [0.05, 0.1) is 28.6 Å². The number of hydrogen-bond donors (Lipinski definition) is 2. The summed E-state index contributed by atoms with van der Waals surface area (Å²) in [5.41, 5.74) is 15.5. The van der Waals surface area contributed by atoms with Crippen molar-refractivity contribution in [3.63, 3.8) is 0 Å². The van der Waals surface area contributed by atoms with Crippen LogP contribution >= 0.6 is 23.4 Å². The van der Waals surface area contributed by atoms with Crippen LogP contribution in [0.5, 0.6) is 0 Å². The van der Waals surface area contributed by atoms with E-state index in [1.807, 2.05) is 17.4 Å². The number of thioether (sulfide) groups is 1. The molecule has 7 nitrogen and oxygen atoms in total. The minimum absolute atomic E-state index is 0.0337. The van der Waals surface area contributed by atoms with Crippen molar-refractivity contribution >= 4 is 41.1 Å². The Hall–Kier alpha value is -2.85. The quantitative estimate of drug-likeness (QED) is 0.556. The lowest BCUT2D eigenvalue weighted by molar-refractivity contribution is 0.566. The number of aliphatic imine (C=N–C) groups is 1. The van der Waals surface area contributed by atoms with Crippen LogP contribution in [-0.2, 0) is 0 Å². The number of halogens is 2. The molecule has 3 atom stereocenters. The fraction of sp³-hybridized carbons (Fsp3) is 0.217. The smallest absolute Gasteiger partial charge is 0.150 e. The van der Waals surface area contributed by atoms with Crippen molar-refractivity contribution in [2.24, 2.45) is 16.5 Å². The van der Waals surface area contributed by atoms with Crippen molar-refractivity contribution < 1.29 is 4.39 Å². The minimum atomic E-state index is -0.509. The topological polar surface area (TPSA) is 88.7 Å². The zero-order chi connectivity index (χ0) is 23.1. The molecule has 0 amide bonds. The maximum Gasteiger partial charge on any atom is 0.150 e. The second-order valence-corrected chi connectivity index (χ2v) is 9.35. The van der Waals surface area contributed by atoms with Crippen LogP contribution in [0.3, 0.4) is 0 Å². The first-order valence-electron chi connectivity index (χ1n) is 10.5. The number of aromatic nitrogens is 2. The van der Waals surface area contributed by atoms with Crippen molar-refractivity contribution in [1.29, 1.82) is 0 Å². The van der Waals surface area contributed by atoms with Gasteiger partial charge < -0.3 is 20.9 Å². The predicted molar refractivity (Wildman–Crippen MR) is 133 cm³/mol. The SMILES string of the molecule is CCC(c1ccc(N2C3=C(SC2N)C(N)N(c2ccc(F)c(Cl)c2)C=N3)cc1)n1ccnc1. The molecule has 33 heavy (non-hydrogen) atoms. The van der Waals surface area contributed by atoms with Crippen molar-refractivity contribution in [2.45, 2.75) is 31.0 Å². The summed E-state index contributed by atoms with van der Waals surface area (Å²) in [7, 11) is 0. The van der Waals surface area contributed by atoms with Crippen LogP contribution in [0.25, 0.3) is 0 Å². The Bertz CT molecular complexity index is 1210. The highest BCUT2D eigenvalue weighted by molar-refractivity contribution is 8.04. The van der Waals surface area contributed by atoms with Crippen LogP contribution in [0.15, 0.2) is 76.9 Å². The summed E-state index contributed by atoms with van der Waals surface area (Å²) in [5.74, 6) is 0.243. The summed E-state index contributed by atoms with van der Waals surface area (Å²) in [5, 5.41) is 0.0337. The third kappa shape index (κ3) is 3.91. The number of hydrogen-bond acceptors (Lipinski definition) is 7. The van der Waals surface area contributed by atoms with E-state index < -0.39 is 12.0 Å². The third-order valence-corrected chi connectivity index (χ3v) is 7.27. The van der Waals surface area contributed by atoms with Gasteiger partial charge in [0, 0.05) is 23.8 Å². The largest absolute Gasteiger partial charge is 0.330 e. The molecule has 4 N–H and O–H groups in total. The zero-order valence-electron chi connectivity index (χ0n) is 17.8. The Morgan fingerprint density at radius 2 is 1.91 bits per heavy atom. The van der Waals surface area contributed by atoms with E-state index in [0.717, 1.165) is 22.8 Å². The monoisotopic (exact) mass is 483 g/mol. The number of anilines is 2. The summed E-state index contributed by atoms with van der Waals surface area (Å²) in [6, 6.07) is 13.0. The molecule has 2 aliphatic rings. The van der Waals surface area contributed by atoms with E-state index >= 15 is 0 Å². The molecule has 0 fully saturated rings. The van der Waals surface area contributed by atoms with Gasteiger partial charge in [-0.15, -0.1) is 0 Å². The maximum absolute atomic E-state index is 13.6. The Morgan fingerprint density at radius 1 is 1.15 bits per heavy atom. The fourth-order valence-corrected chi connectivity index (χ4v) is 5.46. The number of rotatable bonds is 5. The fourth-order valence-electron chi connectivity index (χ4n) is 4.19. The van der Waals surface area contributed by atoms with Crippen molar-refractivity contribution in [1.82, 2.24) is 9.55 Å².